The lowest BCUT2D eigenvalue weighted by Crippen LogP contribution is -2.41. The highest BCUT2D eigenvalue weighted by Gasteiger charge is 2.36. The Morgan fingerprint density at radius 3 is 2.29 bits per heavy atom. The van der Waals surface area contributed by atoms with Gasteiger partial charge in [-0.2, -0.15) is 0 Å². The van der Waals surface area contributed by atoms with E-state index in [1.165, 1.54) is 18.2 Å². The van der Waals surface area contributed by atoms with E-state index in [9.17, 15) is 24.8 Å². The summed E-state index contributed by atoms with van der Waals surface area (Å²) in [4.78, 5) is 36.6. The molecule has 1 aliphatic rings. The van der Waals surface area contributed by atoms with Crippen molar-refractivity contribution < 1.29 is 19.6 Å². The van der Waals surface area contributed by atoms with Crippen LogP contribution in [0.5, 0.6) is 0 Å². The molecule has 0 aromatic heterocycles. The number of carbonyl (C=O) groups excluding carboxylic acids is 2. The number of carbonyl (C=O) groups is 2. The molecule has 31 heavy (non-hydrogen) atoms. The van der Waals surface area contributed by atoms with Gasteiger partial charge >= 0.3 is 0 Å². The fraction of sp³-hybridized carbons (Fsp3) is 0.167. The Morgan fingerprint density at radius 2 is 1.77 bits per heavy atom. The molecule has 1 aliphatic carbocycles. The van der Waals surface area contributed by atoms with Crippen LogP contribution in [0.2, 0.25) is 0 Å². The third-order valence-corrected chi connectivity index (χ3v) is 5.42. The van der Waals surface area contributed by atoms with Gasteiger partial charge in [-0.1, -0.05) is 42.5 Å². The second kappa shape index (κ2) is 8.89. The maximum atomic E-state index is 12.6. The minimum atomic E-state index is -0.735. The number of hydrogen-bond acceptors (Lipinski definition) is 6. The predicted molar refractivity (Wildman–Crippen MR) is 117 cm³/mol. The number of nitro benzene ring substituents is 1. The van der Waals surface area contributed by atoms with Gasteiger partial charge in [0.05, 0.1) is 16.0 Å². The van der Waals surface area contributed by atoms with Crippen LogP contribution in [0.3, 0.4) is 0 Å². The van der Waals surface area contributed by atoms with Crippen LogP contribution in [0.25, 0.3) is 0 Å². The van der Waals surface area contributed by atoms with Gasteiger partial charge in [-0.3, -0.25) is 24.6 Å². The average molecular weight is 418 g/mol. The standard InChI is InChI=1S/C24H22N2O5/c1-25(2)24(20-8-10-21(11-9-20)26(30)31)13-12-18(22(28)15-24)14-19(16-27)23(29)17-6-4-3-5-7-17/h3-14,16,28H,15H2,1-2H3. The fourth-order valence-corrected chi connectivity index (χ4v) is 3.58. The number of aliphatic hydroxyl groups excluding tert-OH is 1. The van der Waals surface area contributed by atoms with Crippen LogP contribution in [0, 0.1) is 10.1 Å². The summed E-state index contributed by atoms with van der Waals surface area (Å²) in [6, 6.07) is 14.6. The zero-order valence-corrected chi connectivity index (χ0v) is 17.2. The molecule has 1 N–H and O–H groups in total. The molecule has 1 atom stereocenters. The Balaban J connectivity index is 1.95. The summed E-state index contributed by atoms with van der Waals surface area (Å²) < 4.78 is 0. The minimum absolute atomic E-state index is 0.00904. The van der Waals surface area contributed by atoms with Crippen LogP contribution in [0.4, 0.5) is 5.69 Å². The molecule has 0 saturated heterocycles. The highest BCUT2D eigenvalue weighted by atomic mass is 16.6. The van der Waals surface area contributed by atoms with Gasteiger partial charge in [0.2, 0.25) is 0 Å². The Hall–Kier alpha value is -3.84. The van der Waals surface area contributed by atoms with Crippen LogP contribution in [-0.2, 0) is 10.3 Å². The van der Waals surface area contributed by atoms with E-state index in [1.807, 2.05) is 25.1 Å². The molecule has 0 radical (unpaired) electrons. The lowest BCUT2D eigenvalue weighted by molar-refractivity contribution is -0.384. The molecule has 158 valence electrons. The zero-order chi connectivity index (χ0) is 22.6. The molecule has 0 saturated carbocycles. The number of Topliss-reactive ketones (excluding diaryl/α,β-unsaturated/α-hetero) is 1. The second-order valence-corrected chi connectivity index (χ2v) is 7.45. The molecular formula is C24H22N2O5. The molecule has 0 spiro atoms. The Kier molecular flexibility index (Phi) is 6.27. The first-order valence-electron chi connectivity index (χ1n) is 9.59. The van der Waals surface area contributed by atoms with E-state index < -0.39 is 16.2 Å². The second-order valence-electron chi connectivity index (χ2n) is 7.45. The van der Waals surface area contributed by atoms with Crippen molar-refractivity contribution in [1.29, 1.82) is 0 Å². The normalized spacial score (nSPS) is 18.9. The monoisotopic (exact) mass is 418 g/mol. The van der Waals surface area contributed by atoms with E-state index in [0.717, 1.165) is 5.56 Å². The summed E-state index contributed by atoms with van der Waals surface area (Å²) in [5.41, 5.74) is 0.701. The van der Waals surface area contributed by atoms with Gasteiger partial charge in [-0.25, -0.2) is 0 Å². The zero-order valence-electron chi connectivity index (χ0n) is 17.2. The minimum Gasteiger partial charge on any atom is -0.512 e. The number of hydrogen-bond donors (Lipinski definition) is 1. The fourth-order valence-electron chi connectivity index (χ4n) is 3.58. The molecular weight excluding hydrogens is 396 g/mol. The topological polar surface area (TPSA) is 101 Å². The van der Waals surface area contributed by atoms with Crippen molar-refractivity contribution in [2.24, 2.45) is 0 Å². The Morgan fingerprint density at radius 1 is 1.13 bits per heavy atom. The van der Waals surface area contributed by atoms with Gasteiger partial charge in [0.15, 0.2) is 12.1 Å². The summed E-state index contributed by atoms with van der Waals surface area (Å²) in [5, 5.41) is 21.7. The lowest BCUT2D eigenvalue weighted by atomic mass is 9.80. The predicted octanol–water partition coefficient (Wildman–Crippen LogP) is 4.13. The van der Waals surface area contributed by atoms with Crippen molar-refractivity contribution in [3.8, 4) is 0 Å². The molecule has 2 aromatic rings. The molecule has 1 unspecified atom stereocenters. The SMILES string of the molecule is CN(C)C1(c2ccc([N+](=O)[O-])cc2)C=CC(C=C(C=O)C(=O)c2ccccc2)=C(O)C1. The highest BCUT2D eigenvalue weighted by Crippen LogP contribution is 2.39. The number of rotatable bonds is 7. The molecule has 3 rings (SSSR count). The van der Waals surface area contributed by atoms with Gasteiger partial charge in [0, 0.05) is 29.7 Å². The lowest BCUT2D eigenvalue weighted by Gasteiger charge is -2.40. The summed E-state index contributed by atoms with van der Waals surface area (Å²) in [6.45, 7) is 0. The largest absolute Gasteiger partial charge is 0.512 e. The number of non-ortho nitro benzene ring substituents is 1. The molecule has 2 aromatic carbocycles. The maximum Gasteiger partial charge on any atom is 0.269 e. The first-order chi connectivity index (χ1) is 14.8. The molecule has 7 heteroatoms. The number of allylic oxidation sites excluding steroid dienone is 4. The van der Waals surface area contributed by atoms with E-state index in [4.69, 9.17) is 0 Å². The van der Waals surface area contributed by atoms with Crippen molar-refractivity contribution in [2.75, 3.05) is 14.1 Å². The maximum absolute atomic E-state index is 12.6. The van der Waals surface area contributed by atoms with Gasteiger partial charge in [-0.05, 0) is 37.9 Å². The quantitative estimate of drug-likeness (QED) is 0.138. The van der Waals surface area contributed by atoms with Gasteiger partial charge < -0.3 is 5.11 Å². The summed E-state index contributed by atoms with van der Waals surface area (Å²) in [6.07, 6.45) is 5.54. The summed E-state index contributed by atoms with van der Waals surface area (Å²) >= 11 is 0. The highest BCUT2D eigenvalue weighted by molar-refractivity contribution is 6.20. The van der Waals surface area contributed by atoms with Crippen LogP contribution >= 0.6 is 0 Å². The van der Waals surface area contributed by atoms with E-state index in [1.54, 1.807) is 48.5 Å². The average Bonchev–Trinajstić information content (AvgIpc) is 2.78. The van der Waals surface area contributed by atoms with Gasteiger partial charge in [0.25, 0.3) is 5.69 Å². The molecule has 0 heterocycles. The Bertz CT molecular complexity index is 1100. The van der Waals surface area contributed by atoms with E-state index in [-0.39, 0.29) is 23.4 Å². The Labute approximate surface area is 179 Å². The number of likely N-dealkylation sites (N-methyl/N-ethyl adjacent to an activating group) is 1. The third kappa shape index (κ3) is 4.36. The number of aliphatic hydroxyl groups is 1. The van der Waals surface area contributed by atoms with Crippen molar-refractivity contribution in [3.05, 3.63) is 111 Å². The van der Waals surface area contributed by atoms with Crippen molar-refractivity contribution in [3.63, 3.8) is 0 Å². The van der Waals surface area contributed by atoms with E-state index in [2.05, 4.69) is 0 Å². The number of nitro groups is 1. The smallest absolute Gasteiger partial charge is 0.269 e. The molecule has 0 aliphatic heterocycles. The first kappa shape index (κ1) is 21.9. The summed E-state index contributed by atoms with van der Waals surface area (Å²) in [7, 11) is 3.69. The number of benzene rings is 2. The van der Waals surface area contributed by atoms with E-state index in [0.29, 0.717) is 17.4 Å². The summed E-state index contributed by atoms with van der Waals surface area (Å²) in [5.74, 6) is -0.418. The molecule has 0 bridgehead atoms. The number of ketones is 1. The third-order valence-electron chi connectivity index (χ3n) is 5.42. The van der Waals surface area contributed by atoms with Crippen molar-refractivity contribution in [1.82, 2.24) is 4.90 Å². The van der Waals surface area contributed by atoms with Crippen LogP contribution in [0.1, 0.15) is 22.3 Å². The van der Waals surface area contributed by atoms with E-state index >= 15 is 0 Å². The van der Waals surface area contributed by atoms with Crippen molar-refractivity contribution >= 4 is 17.8 Å². The van der Waals surface area contributed by atoms with Crippen LogP contribution in [0.15, 0.2) is 89.7 Å². The van der Waals surface area contributed by atoms with Crippen molar-refractivity contribution in [2.45, 2.75) is 12.0 Å². The van der Waals surface area contributed by atoms with Crippen LogP contribution < -0.4 is 0 Å². The van der Waals surface area contributed by atoms with Crippen LogP contribution in [-0.4, -0.2) is 41.1 Å². The number of aldehydes is 1. The number of nitrogens with zero attached hydrogens (tertiary/aromatic N) is 2. The first-order valence-corrected chi connectivity index (χ1v) is 9.59. The molecule has 0 amide bonds. The molecule has 0 fully saturated rings. The molecule has 7 nitrogen and oxygen atoms in total. The van der Waals surface area contributed by atoms with Gasteiger partial charge in [0.1, 0.15) is 5.76 Å². The van der Waals surface area contributed by atoms with Gasteiger partial charge in [-0.15, -0.1) is 0 Å².